The average molecular weight is 330 g/mol. The van der Waals surface area contributed by atoms with E-state index in [4.69, 9.17) is 9.84 Å². The van der Waals surface area contributed by atoms with E-state index in [1.54, 1.807) is 4.68 Å². The number of nitrogens with zero attached hydrogens (tertiary/aromatic N) is 2. The van der Waals surface area contributed by atoms with Crippen LogP contribution < -0.4 is 4.74 Å². The molecule has 6 nitrogen and oxygen atoms in total. The minimum absolute atomic E-state index is 0.0229. The zero-order valence-corrected chi connectivity index (χ0v) is 14.2. The van der Waals surface area contributed by atoms with Crippen molar-refractivity contribution in [3.05, 3.63) is 34.1 Å². The molecule has 0 spiro atoms. The Balaban J connectivity index is 1.94. The van der Waals surface area contributed by atoms with E-state index in [2.05, 4.69) is 5.10 Å². The molecule has 0 saturated carbocycles. The topological polar surface area (TPSA) is 84.6 Å². The van der Waals surface area contributed by atoms with E-state index < -0.39 is 5.97 Å². The molecule has 0 atom stereocenters. The number of phenols is 1. The first-order chi connectivity index (χ1) is 11.4. The molecule has 128 valence electrons. The molecule has 1 aromatic carbocycles. The summed E-state index contributed by atoms with van der Waals surface area (Å²) in [7, 11) is 0. The van der Waals surface area contributed by atoms with Crippen molar-refractivity contribution in [2.75, 3.05) is 0 Å². The number of aromatic hydroxyl groups is 1. The van der Waals surface area contributed by atoms with Crippen LogP contribution in [0.2, 0.25) is 0 Å². The number of hydrogen-bond donors (Lipinski definition) is 2. The second kappa shape index (κ2) is 6.19. The summed E-state index contributed by atoms with van der Waals surface area (Å²) in [6.45, 7) is 5.92. The van der Waals surface area contributed by atoms with Gasteiger partial charge in [-0.15, -0.1) is 0 Å². The van der Waals surface area contributed by atoms with E-state index in [1.165, 1.54) is 0 Å². The van der Waals surface area contributed by atoms with Crippen molar-refractivity contribution in [3.8, 4) is 17.2 Å². The van der Waals surface area contributed by atoms with E-state index >= 15 is 0 Å². The molecule has 24 heavy (non-hydrogen) atoms. The second-order valence-corrected chi connectivity index (χ2v) is 6.32. The van der Waals surface area contributed by atoms with E-state index in [-0.39, 0.29) is 6.42 Å². The maximum atomic E-state index is 10.8. The third-order valence-corrected chi connectivity index (χ3v) is 4.59. The van der Waals surface area contributed by atoms with Gasteiger partial charge in [-0.3, -0.25) is 9.48 Å². The molecule has 6 heteroatoms. The summed E-state index contributed by atoms with van der Waals surface area (Å²) in [6, 6.07) is 1.87. The smallest absolute Gasteiger partial charge is 0.305 e. The standard InChI is InChI=1S/C18H22N2O4/c1-10-9-15(13-5-4-6-14(13)17(10)23)24-18-11(2)19-20(12(18)3)8-7-16(21)22/h9,23H,4-8H2,1-3H3,(H,21,22). The minimum atomic E-state index is -0.850. The average Bonchev–Trinajstić information content (AvgIpc) is 3.11. The highest BCUT2D eigenvalue weighted by Crippen LogP contribution is 2.41. The van der Waals surface area contributed by atoms with Gasteiger partial charge in [0.05, 0.1) is 18.7 Å². The van der Waals surface area contributed by atoms with Gasteiger partial charge in [-0.2, -0.15) is 5.10 Å². The fourth-order valence-electron chi connectivity index (χ4n) is 3.32. The van der Waals surface area contributed by atoms with Crippen LogP contribution in [-0.4, -0.2) is 26.0 Å². The van der Waals surface area contributed by atoms with E-state index in [1.807, 2.05) is 26.8 Å². The largest absolute Gasteiger partial charge is 0.507 e. The number of rotatable bonds is 5. The highest BCUT2D eigenvalue weighted by Gasteiger charge is 2.23. The first-order valence-electron chi connectivity index (χ1n) is 8.16. The highest BCUT2D eigenvalue weighted by atomic mass is 16.5. The molecular weight excluding hydrogens is 308 g/mol. The molecule has 0 fully saturated rings. The number of hydrogen-bond acceptors (Lipinski definition) is 4. The maximum absolute atomic E-state index is 10.8. The van der Waals surface area contributed by atoms with Gasteiger partial charge in [0.15, 0.2) is 5.75 Å². The number of carboxylic acids is 1. The monoisotopic (exact) mass is 330 g/mol. The maximum Gasteiger partial charge on any atom is 0.305 e. The Kier molecular flexibility index (Phi) is 4.22. The number of ether oxygens (including phenoxy) is 1. The normalized spacial score (nSPS) is 13.1. The predicted octanol–water partition coefficient (Wildman–Crippen LogP) is 3.27. The van der Waals surface area contributed by atoms with Crippen LogP contribution in [0.1, 0.15) is 40.9 Å². The number of benzene rings is 1. The molecule has 0 aliphatic heterocycles. The van der Waals surface area contributed by atoms with Gasteiger partial charge in [0.25, 0.3) is 0 Å². The van der Waals surface area contributed by atoms with Crippen molar-refractivity contribution in [1.29, 1.82) is 0 Å². The molecule has 0 radical (unpaired) electrons. The molecule has 0 amide bonds. The zero-order chi connectivity index (χ0) is 17.4. The number of carboxylic acid groups (broad SMARTS) is 1. The Morgan fingerprint density at radius 3 is 2.71 bits per heavy atom. The Labute approximate surface area is 140 Å². The van der Waals surface area contributed by atoms with E-state index in [0.717, 1.165) is 53.1 Å². The van der Waals surface area contributed by atoms with Gasteiger partial charge in [0.2, 0.25) is 0 Å². The molecule has 0 unspecified atom stereocenters. The van der Waals surface area contributed by atoms with Crippen molar-refractivity contribution < 1.29 is 19.7 Å². The summed E-state index contributed by atoms with van der Waals surface area (Å²) in [6.07, 6.45) is 2.80. The van der Waals surface area contributed by atoms with Crippen molar-refractivity contribution in [2.24, 2.45) is 0 Å². The van der Waals surface area contributed by atoms with Crippen molar-refractivity contribution >= 4 is 5.97 Å². The zero-order valence-electron chi connectivity index (χ0n) is 14.2. The quantitative estimate of drug-likeness (QED) is 0.879. The van der Waals surface area contributed by atoms with Gasteiger partial charge < -0.3 is 14.9 Å². The molecule has 1 heterocycles. The van der Waals surface area contributed by atoms with E-state index in [0.29, 0.717) is 18.0 Å². The lowest BCUT2D eigenvalue weighted by molar-refractivity contribution is -0.137. The lowest BCUT2D eigenvalue weighted by Gasteiger charge is -2.14. The summed E-state index contributed by atoms with van der Waals surface area (Å²) < 4.78 is 7.84. The van der Waals surface area contributed by atoms with Gasteiger partial charge >= 0.3 is 5.97 Å². The number of phenolic OH excluding ortho intramolecular Hbond substituents is 1. The molecule has 0 bridgehead atoms. The van der Waals surface area contributed by atoms with E-state index in [9.17, 15) is 9.90 Å². The SMILES string of the molecule is Cc1cc(Oc2c(C)nn(CCC(=O)O)c2C)c2c(c1O)CCC2. The van der Waals surface area contributed by atoms with Crippen molar-refractivity contribution in [1.82, 2.24) is 9.78 Å². The molecule has 2 N–H and O–H groups in total. The summed E-state index contributed by atoms with van der Waals surface area (Å²) in [4.78, 5) is 10.8. The third kappa shape index (κ3) is 2.84. The fourth-order valence-corrected chi connectivity index (χ4v) is 3.32. The third-order valence-electron chi connectivity index (χ3n) is 4.59. The van der Waals surface area contributed by atoms with Crippen LogP contribution in [0.15, 0.2) is 6.07 Å². The molecular formula is C18H22N2O4. The number of carbonyl (C=O) groups is 1. The predicted molar refractivity (Wildman–Crippen MR) is 88.9 cm³/mol. The van der Waals surface area contributed by atoms with Crippen LogP contribution in [0.3, 0.4) is 0 Å². The van der Waals surface area contributed by atoms with Crippen molar-refractivity contribution in [2.45, 2.75) is 53.0 Å². The van der Waals surface area contributed by atoms with Crippen molar-refractivity contribution in [3.63, 3.8) is 0 Å². The Bertz CT molecular complexity index is 808. The van der Waals surface area contributed by atoms with Crippen LogP contribution in [0.5, 0.6) is 17.2 Å². The lowest BCUT2D eigenvalue weighted by Crippen LogP contribution is -2.07. The Morgan fingerprint density at radius 2 is 2.00 bits per heavy atom. The summed E-state index contributed by atoms with van der Waals surface area (Å²) in [5.41, 5.74) is 4.40. The van der Waals surface area contributed by atoms with Crippen LogP contribution in [0, 0.1) is 20.8 Å². The molecule has 3 rings (SSSR count). The Morgan fingerprint density at radius 1 is 1.29 bits per heavy atom. The number of aliphatic carboxylic acids is 1. The number of fused-ring (bicyclic) bond motifs is 1. The van der Waals surface area contributed by atoms with Gasteiger partial charge in [0.1, 0.15) is 17.2 Å². The summed E-state index contributed by atoms with van der Waals surface area (Å²) >= 11 is 0. The van der Waals surface area contributed by atoms with Gasteiger partial charge in [-0.25, -0.2) is 0 Å². The molecule has 1 aromatic heterocycles. The fraction of sp³-hybridized carbons (Fsp3) is 0.444. The molecule has 0 saturated heterocycles. The first-order valence-corrected chi connectivity index (χ1v) is 8.16. The second-order valence-electron chi connectivity index (χ2n) is 6.32. The van der Waals surface area contributed by atoms with Crippen LogP contribution in [-0.2, 0) is 24.2 Å². The van der Waals surface area contributed by atoms with Crippen LogP contribution >= 0.6 is 0 Å². The summed E-state index contributed by atoms with van der Waals surface area (Å²) in [5.74, 6) is 0.957. The Hall–Kier alpha value is -2.50. The molecule has 2 aromatic rings. The lowest BCUT2D eigenvalue weighted by atomic mass is 10.0. The molecule has 1 aliphatic rings. The minimum Gasteiger partial charge on any atom is -0.507 e. The van der Waals surface area contributed by atoms with Crippen LogP contribution in [0.25, 0.3) is 0 Å². The summed E-state index contributed by atoms with van der Waals surface area (Å²) in [5, 5.41) is 23.5. The molecule has 1 aliphatic carbocycles. The number of aromatic nitrogens is 2. The van der Waals surface area contributed by atoms with Crippen LogP contribution in [0.4, 0.5) is 0 Å². The van der Waals surface area contributed by atoms with Gasteiger partial charge in [-0.1, -0.05) is 0 Å². The highest BCUT2D eigenvalue weighted by molar-refractivity contribution is 5.66. The number of aryl methyl sites for hydroxylation is 3. The van der Waals surface area contributed by atoms with Gasteiger partial charge in [0, 0.05) is 11.1 Å². The first kappa shape index (κ1) is 16.4. The van der Waals surface area contributed by atoms with Gasteiger partial charge in [-0.05, 0) is 51.7 Å².